The summed E-state index contributed by atoms with van der Waals surface area (Å²) >= 11 is 0. The Morgan fingerprint density at radius 1 is 1.13 bits per heavy atom. The van der Waals surface area contributed by atoms with E-state index in [0.29, 0.717) is 6.54 Å². The van der Waals surface area contributed by atoms with Crippen LogP contribution in [0.15, 0.2) is 30.3 Å². The fourth-order valence-corrected chi connectivity index (χ4v) is 3.58. The van der Waals surface area contributed by atoms with Crippen LogP contribution in [0.2, 0.25) is 0 Å². The number of likely N-dealkylation sites (tertiary alicyclic amines) is 1. The highest BCUT2D eigenvalue weighted by atomic mass is 16.3. The normalized spacial score (nSPS) is 24.5. The maximum atomic E-state index is 12.7. The lowest BCUT2D eigenvalue weighted by atomic mass is 10.1. The second-order valence-corrected chi connectivity index (χ2v) is 6.61. The van der Waals surface area contributed by atoms with E-state index in [1.54, 1.807) is 0 Å². The number of piperazine rings is 1. The summed E-state index contributed by atoms with van der Waals surface area (Å²) in [4.78, 5) is 19.2. The summed E-state index contributed by atoms with van der Waals surface area (Å²) in [6, 6.07) is 10.2. The molecule has 2 saturated heterocycles. The van der Waals surface area contributed by atoms with Crippen LogP contribution in [-0.4, -0.2) is 72.2 Å². The molecule has 1 amide bonds. The number of rotatable bonds is 3. The summed E-state index contributed by atoms with van der Waals surface area (Å²) < 4.78 is 0. The van der Waals surface area contributed by atoms with E-state index in [-0.39, 0.29) is 18.1 Å². The Morgan fingerprint density at radius 3 is 2.48 bits per heavy atom. The van der Waals surface area contributed by atoms with Gasteiger partial charge in [-0.3, -0.25) is 9.69 Å². The first-order valence-corrected chi connectivity index (χ1v) is 8.66. The molecule has 2 aliphatic heterocycles. The van der Waals surface area contributed by atoms with E-state index in [0.717, 1.165) is 45.6 Å². The van der Waals surface area contributed by atoms with E-state index < -0.39 is 0 Å². The fourth-order valence-electron chi connectivity index (χ4n) is 3.58. The van der Waals surface area contributed by atoms with Gasteiger partial charge in [-0.2, -0.15) is 0 Å². The predicted octanol–water partition coefficient (Wildman–Crippen LogP) is 1.18. The van der Waals surface area contributed by atoms with E-state index in [9.17, 15) is 9.90 Å². The molecule has 0 radical (unpaired) electrons. The highest BCUT2D eigenvalue weighted by Crippen LogP contribution is 2.18. The SMILES string of the molecule is C[C@H](C(=O)N1CCN(c2ccccc2)CC1)N1CCC[C@H](O)C1. The van der Waals surface area contributed by atoms with Crippen molar-refractivity contribution in [2.75, 3.05) is 44.2 Å². The molecule has 1 aromatic rings. The molecule has 126 valence electrons. The van der Waals surface area contributed by atoms with E-state index in [4.69, 9.17) is 0 Å². The molecule has 5 heteroatoms. The van der Waals surface area contributed by atoms with Crippen LogP contribution >= 0.6 is 0 Å². The van der Waals surface area contributed by atoms with Crippen molar-refractivity contribution >= 4 is 11.6 Å². The zero-order chi connectivity index (χ0) is 16.2. The minimum absolute atomic E-state index is 0.131. The highest BCUT2D eigenvalue weighted by molar-refractivity contribution is 5.81. The Bertz CT molecular complexity index is 514. The number of β-amino-alcohol motifs (C(OH)–C–C–N with tert-alkyl or cyclic N) is 1. The Hall–Kier alpha value is -1.59. The molecule has 5 nitrogen and oxygen atoms in total. The van der Waals surface area contributed by atoms with Crippen molar-refractivity contribution in [1.82, 2.24) is 9.80 Å². The molecular weight excluding hydrogens is 290 g/mol. The Balaban J connectivity index is 1.53. The Morgan fingerprint density at radius 2 is 1.83 bits per heavy atom. The van der Waals surface area contributed by atoms with Gasteiger partial charge in [0.2, 0.25) is 5.91 Å². The number of anilines is 1. The van der Waals surface area contributed by atoms with Gasteiger partial charge < -0.3 is 14.9 Å². The lowest BCUT2D eigenvalue weighted by Crippen LogP contribution is -2.56. The fraction of sp³-hybridized carbons (Fsp3) is 0.611. The molecule has 0 bridgehead atoms. The van der Waals surface area contributed by atoms with Gasteiger partial charge >= 0.3 is 0 Å². The Labute approximate surface area is 138 Å². The van der Waals surface area contributed by atoms with Gasteiger partial charge in [-0.25, -0.2) is 0 Å². The number of carbonyl (C=O) groups is 1. The summed E-state index contributed by atoms with van der Waals surface area (Å²) in [6.07, 6.45) is 1.54. The number of para-hydroxylation sites is 1. The average Bonchev–Trinajstić information content (AvgIpc) is 2.61. The number of hydrogen-bond donors (Lipinski definition) is 1. The third-order valence-electron chi connectivity index (χ3n) is 5.05. The monoisotopic (exact) mass is 317 g/mol. The van der Waals surface area contributed by atoms with Crippen LogP contribution in [-0.2, 0) is 4.79 Å². The zero-order valence-corrected chi connectivity index (χ0v) is 13.9. The molecular formula is C18H27N3O2. The van der Waals surface area contributed by atoms with Gasteiger partial charge in [-0.05, 0) is 38.4 Å². The number of aliphatic hydroxyl groups is 1. The topological polar surface area (TPSA) is 47.0 Å². The zero-order valence-electron chi connectivity index (χ0n) is 13.9. The van der Waals surface area contributed by atoms with Gasteiger partial charge in [0.25, 0.3) is 0 Å². The highest BCUT2D eigenvalue weighted by Gasteiger charge is 2.30. The quantitative estimate of drug-likeness (QED) is 0.909. The maximum absolute atomic E-state index is 12.7. The molecule has 2 atom stereocenters. The average molecular weight is 317 g/mol. The molecule has 0 unspecified atom stereocenters. The van der Waals surface area contributed by atoms with Gasteiger partial charge in [0.05, 0.1) is 12.1 Å². The molecule has 23 heavy (non-hydrogen) atoms. The smallest absolute Gasteiger partial charge is 0.239 e. The molecule has 1 aromatic carbocycles. The van der Waals surface area contributed by atoms with E-state index >= 15 is 0 Å². The second-order valence-electron chi connectivity index (χ2n) is 6.61. The van der Waals surface area contributed by atoms with Crippen molar-refractivity contribution in [1.29, 1.82) is 0 Å². The van der Waals surface area contributed by atoms with Crippen LogP contribution in [0.1, 0.15) is 19.8 Å². The molecule has 0 spiro atoms. The van der Waals surface area contributed by atoms with Crippen LogP contribution in [0.5, 0.6) is 0 Å². The molecule has 2 aliphatic rings. The lowest BCUT2D eigenvalue weighted by Gasteiger charge is -2.40. The number of amides is 1. The summed E-state index contributed by atoms with van der Waals surface area (Å²) in [5.41, 5.74) is 1.23. The van der Waals surface area contributed by atoms with Crippen molar-refractivity contribution in [2.45, 2.75) is 31.9 Å². The number of carbonyl (C=O) groups excluding carboxylic acids is 1. The second kappa shape index (κ2) is 7.32. The first-order valence-electron chi connectivity index (χ1n) is 8.66. The molecule has 1 N–H and O–H groups in total. The first-order chi connectivity index (χ1) is 11.1. The van der Waals surface area contributed by atoms with Crippen molar-refractivity contribution in [3.8, 4) is 0 Å². The molecule has 0 saturated carbocycles. The van der Waals surface area contributed by atoms with Crippen LogP contribution in [0.3, 0.4) is 0 Å². The minimum Gasteiger partial charge on any atom is -0.392 e. The van der Waals surface area contributed by atoms with Crippen molar-refractivity contribution in [3.05, 3.63) is 30.3 Å². The predicted molar refractivity (Wildman–Crippen MR) is 91.5 cm³/mol. The van der Waals surface area contributed by atoms with Gasteiger partial charge in [-0.1, -0.05) is 18.2 Å². The van der Waals surface area contributed by atoms with Crippen molar-refractivity contribution in [2.24, 2.45) is 0 Å². The number of hydrogen-bond acceptors (Lipinski definition) is 4. The van der Waals surface area contributed by atoms with Crippen molar-refractivity contribution < 1.29 is 9.90 Å². The van der Waals surface area contributed by atoms with Gasteiger partial charge in [0.1, 0.15) is 0 Å². The molecule has 0 aliphatic carbocycles. The molecule has 2 heterocycles. The van der Waals surface area contributed by atoms with Gasteiger partial charge in [-0.15, -0.1) is 0 Å². The van der Waals surface area contributed by atoms with Crippen molar-refractivity contribution in [3.63, 3.8) is 0 Å². The van der Waals surface area contributed by atoms with Gasteiger partial charge in [0, 0.05) is 38.4 Å². The third-order valence-corrected chi connectivity index (χ3v) is 5.05. The number of piperidine rings is 1. The van der Waals surface area contributed by atoms with E-state index in [1.165, 1.54) is 5.69 Å². The molecule has 2 fully saturated rings. The largest absolute Gasteiger partial charge is 0.392 e. The van der Waals surface area contributed by atoms with E-state index in [1.807, 2.05) is 17.9 Å². The lowest BCUT2D eigenvalue weighted by molar-refractivity contribution is -0.137. The van der Waals surface area contributed by atoms with E-state index in [2.05, 4.69) is 34.1 Å². The number of aliphatic hydroxyl groups excluding tert-OH is 1. The van der Waals surface area contributed by atoms with Crippen LogP contribution in [0.4, 0.5) is 5.69 Å². The summed E-state index contributed by atoms with van der Waals surface area (Å²) in [5.74, 6) is 0.201. The standard InChI is InChI=1S/C18H27N3O2/c1-15(21-9-5-8-17(22)14-21)18(23)20-12-10-19(11-13-20)16-6-3-2-4-7-16/h2-4,6-7,15,17,22H,5,8-14H2,1H3/t15-,17+/m1/s1. The minimum atomic E-state index is -0.283. The van der Waals surface area contributed by atoms with Crippen LogP contribution < -0.4 is 4.90 Å². The summed E-state index contributed by atoms with van der Waals surface area (Å²) in [6.45, 7) is 6.81. The summed E-state index contributed by atoms with van der Waals surface area (Å²) in [7, 11) is 0. The first kappa shape index (κ1) is 16.3. The molecule has 0 aromatic heterocycles. The number of benzene rings is 1. The van der Waals surface area contributed by atoms with Crippen LogP contribution in [0, 0.1) is 0 Å². The Kier molecular flexibility index (Phi) is 5.18. The number of nitrogens with zero attached hydrogens (tertiary/aromatic N) is 3. The molecule has 3 rings (SSSR count). The van der Waals surface area contributed by atoms with Crippen LogP contribution in [0.25, 0.3) is 0 Å². The van der Waals surface area contributed by atoms with Gasteiger partial charge in [0.15, 0.2) is 0 Å². The maximum Gasteiger partial charge on any atom is 0.239 e. The third kappa shape index (κ3) is 3.85. The summed E-state index contributed by atoms with van der Waals surface area (Å²) in [5, 5.41) is 9.81.